The molecule has 0 aliphatic rings. The van der Waals surface area contributed by atoms with Crippen molar-refractivity contribution >= 4 is 11.9 Å². The zero-order valence-electron chi connectivity index (χ0n) is 7.96. The van der Waals surface area contributed by atoms with Gasteiger partial charge in [-0.3, -0.25) is 4.79 Å². The van der Waals surface area contributed by atoms with Gasteiger partial charge >= 0.3 is 11.9 Å². The Balaban J connectivity index is 3.88. The van der Waals surface area contributed by atoms with Crippen LogP contribution in [0.25, 0.3) is 0 Å². The summed E-state index contributed by atoms with van der Waals surface area (Å²) in [6.07, 6.45) is -1.69. The van der Waals surface area contributed by atoms with Gasteiger partial charge < -0.3 is 25.5 Å². The second-order valence-electron chi connectivity index (χ2n) is 3.19. The molecule has 0 aliphatic heterocycles. The number of unbranched alkanes of at least 4 members (excludes halogenated alkanes) is 1. The van der Waals surface area contributed by atoms with E-state index in [0.717, 1.165) is 0 Å². The van der Waals surface area contributed by atoms with E-state index in [1.54, 1.807) is 0 Å². The zero-order chi connectivity index (χ0) is 12.1. The number of hydrogen-bond donors (Lipinski definition) is 5. The van der Waals surface area contributed by atoms with E-state index in [2.05, 4.69) is 0 Å². The zero-order valence-corrected chi connectivity index (χ0v) is 7.96. The van der Waals surface area contributed by atoms with E-state index in [0.29, 0.717) is 0 Å². The molecule has 0 spiro atoms. The summed E-state index contributed by atoms with van der Waals surface area (Å²) in [4.78, 5) is 20.3. The number of aliphatic carboxylic acids is 2. The molecule has 7 heteroatoms. The first kappa shape index (κ1) is 13.8. The van der Waals surface area contributed by atoms with Gasteiger partial charge in [0.1, 0.15) is 6.10 Å². The molecule has 0 saturated heterocycles. The van der Waals surface area contributed by atoms with Crippen LogP contribution in [-0.2, 0) is 9.59 Å². The number of aliphatic hydroxyl groups excluding tert-OH is 1. The normalized spacial score (nSPS) is 13.5. The molecular formula is C8H14O7. The summed E-state index contributed by atoms with van der Waals surface area (Å²) in [5, 5.41) is 43.4. The van der Waals surface area contributed by atoms with E-state index in [1.807, 2.05) is 0 Å². The first-order valence-electron chi connectivity index (χ1n) is 4.36. The molecule has 15 heavy (non-hydrogen) atoms. The average Bonchev–Trinajstić information content (AvgIpc) is 2.11. The number of aliphatic hydroxyl groups is 3. The Morgan fingerprint density at radius 2 is 1.67 bits per heavy atom. The summed E-state index contributed by atoms with van der Waals surface area (Å²) in [5.74, 6) is -6.11. The lowest BCUT2D eigenvalue weighted by Gasteiger charge is -2.22. The molecule has 0 aromatic heterocycles. The fourth-order valence-electron chi connectivity index (χ4n) is 0.958. The number of rotatable bonds is 7. The van der Waals surface area contributed by atoms with Crippen LogP contribution in [0.3, 0.4) is 0 Å². The predicted octanol–water partition coefficient (Wildman–Crippen LogP) is -1.24. The first-order chi connectivity index (χ1) is 6.78. The SMILES string of the molecule is O=C(O)CCCCC(O)C(O)(O)C(=O)O. The monoisotopic (exact) mass is 222 g/mol. The molecule has 0 aromatic rings. The Hall–Kier alpha value is -1.18. The molecule has 0 saturated carbocycles. The Kier molecular flexibility index (Phi) is 5.20. The van der Waals surface area contributed by atoms with E-state index < -0.39 is 23.8 Å². The van der Waals surface area contributed by atoms with Gasteiger partial charge in [-0.1, -0.05) is 6.42 Å². The largest absolute Gasteiger partial charge is 0.481 e. The highest BCUT2D eigenvalue weighted by Crippen LogP contribution is 2.14. The van der Waals surface area contributed by atoms with Crippen molar-refractivity contribution in [3.8, 4) is 0 Å². The second kappa shape index (κ2) is 5.64. The molecule has 0 fully saturated rings. The molecule has 1 unspecified atom stereocenters. The Labute approximate surface area is 85.6 Å². The van der Waals surface area contributed by atoms with E-state index >= 15 is 0 Å². The van der Waals surface area contributed by atoms with Crippen LogP contribution in [0.15, 0.2) is 0 Å². The molecular weight excluding hydrogens is 208 g/mol. The van der Waals surface area contributed by atoms with E-state index in [1.165, 1.54) is 0 Å². The molecule has 0 heterocycles. The van der Waals surface area contributed by atoms with E-state index in [4.69, 9.17) is 25.5 Å². The Morgan fingerprint density at radius 1 is 1.13 bits per heavy atom. The maximum atomic E-state index is 10.2. The molecule has 1 atom stereocenters. The molecule has 0 radical (unpaired) electrons. The molecule has 0 rings (SSSR count). The minimum absolute atomic E-state index is 0.107. The van der Waals surface area contributed by atoms with Gasteiger partial charge in [0, 0.05) is 6.42 Å². The number of carbonyl (C=O) groups is 2. The van der Waals surface area contributed by atoms with Gasteiger partial charge in [0.2, 0.25) is 0 Å². The molecule has 5 N–H and O–H groups in total. The highest BCUT2D eigenvalue weighted by Gasteiger charge is 2.41. The summed E-state index contributed by atoms with van der Waals surface area (Å²) in [5.41, 5.74) is 0. The van der Waals surface area contributed by atoms with Crippen molar-refractivity contribution < 1.29 is 35.1 Å². The lowest BCUT2D eigenvalue weighted by molar-refractivity contribution is -0.237. The number of hydrogen-bond acceptors (Lipinski definition) is 5. The topological polar surface area (TPSA) is 135 Å². The van der Waals surface area contributed by atoms with Crippen molar-refractivity contribution in [2.24, 2.45) is 0 Å². The van der Waals surface area contributed by atoms with Crippen LogP contribution in [0.5, 0.6) is 0 Å². The molecule has 0 aromatic carbocycles. The fraction of sp³-hybridized carbons (Fsp3) is 0.750. The molecule has 0 bridgehead atoms. The molecule has 0 amide bonds. The first-order valence-corrected chi connectivity index (χ1v) is 4.36. The second-order valence-corrected chi connectivity index (χ2v) is 3.19. The van der Waals surface area contributed by atoms with Gasteiger partial charge in [0.15, 0.2) is 0 Å². The average molecular weight is 222 g/mol. The predicted molar refractivity (Wildman–Crippen MR) is 46.9 cm³/mol. The summed E-state index contributed by atoms with van der Waals surface area (Å²) in [7, 11) is 0. The van der Waals surface area contributed by atoms with E-state index in [-0.39, 0.29) is 25.7 Å². The number of carboxylic acid groups (broad SMARTS) is 2. The standard InChI is InChI=1S/C8H14O7/c9-5(8(14,15)7(12)13)3-1-2-4-6(10)11/h5,9,14-15H,1-4H2,(H,10,11)(H,12,13). The van der Waals surface area contributed by atoms with Crippen LogP contribution in [-0.4, -0.2) is 49.4 Å². The van der Waals surface area contributed by atoms with Crippen LogP contribution in [0, 0.1) is 0 Å². The summed E-state index contributed by atoms with van der Waals surface area (Å²) < 4.78 is 0. The Morgan fingerprint density at radius 3 is 2.07 bits per heavy atom. The van der Waals surface area contributed by atoms with Crippen LogP contribution < -0.4 is 0 Å². The quantitative estimate of drug-likeness (QED) is 0.268. The molecule has 7 nitrogen and oxygen atoms in total. The minimum Gasteiger partial charge on any atom is -0.481 e. The number of carboxylic acids is 2. The van der Waals surface area contributed by atoms with Crippen molar-refractivity contribution in [3.63, 3.8) is 0 Å². The molecule has 88 valence electrons. The van der Waals surface area contributed by atoms with Crippen molar-refractivity contribution in [3.05, 3.63) is 0 Å². The van der Waals surface area contributed by atoms with Crippen molar-refractivity contribution in [2.75, 3.05) is 0 Å². The third-order valence-corrected chi connectivity index (χ3v) is 1.90. The third-order valence-electron chi connectivity index (χ3n) is 1.90. The smallest absolute Gasteiger partial charge is 0.366 e. The lowest BCUT2D eigenvalue weighted by Crippen LogP contribution is -2.49. The molecule has 0 aliphatic carbocycles. The van der Waals surface area contributed by atoms with Gasteiger partial charge in [0.25, 0.3) is 5.79 Å². The van der Waals surface area contributed by atoms with Gasteiger partial charge in [0.05, 0.1) is 0 Å². The van der Waals surface area contributed by atoms with Gasteiger partial charge in [-0.2, -0.15) is 0 Å². The maximum Gasteiger partial charge on any atom is 0.366 e. The van der Waals surface area contributed by atoms with Gasteiger partial charge in [-0.15, -0.1) is 0 Å². The van der Waals surface area contributed by atoms with Gasteiger partial charge in [-0.25, -0.2) is 4.79 Å². The maximum absolute atomic E-state index is 10.2. The highest BCUT2D eigenvalue weighted by molar-refractivity contribution is 5.75. The summed E-state index contributed by atoms with van der Waals surface area (Å²) in [6, 6.07) is 0. The fourth-order valence-corrected chi connectivity index (χ4v) is 0.958. The van der Waals surface area contributed by atoms with Crippen LogP contribution >= 0.6 is 0 Å². The van der Waals surface area contributed by atoms with E-state index in [9.17, 15) is 9.59 Å². The third kappa shape index (κ3) is 4.73. The van der Waals surface area contributed by atoms with Crippen molar-refractivity contribution in [1.82, 2.24) is 0 Å². The minimum atomic E-state index is -3.18. The lowest BCUT2D eigenvalue weighted by atomic mass is 10.0. The summed E-state index contributed by atoms with van der Waals surface area (Å²) in [6.45, 7) is 0. The van der Waals surface area contributed by atoms with Crippen LogP contribution in [0.1, 0.15) is 25.7 Å². The van der Waals surface area contributed by atoms with Crippen molar-refractivity contribution in [2.45, 2.75) is 37.6 Å². The van der Waals surface area contributed by atoms with Crippen molar-refractivity contribution in [1.29, 1.82) is 0 Å². The summed E-state index contributed by atoms with van der Waals surface area (Å²) >= 11 is 0. The van der Waals surface area contributed by atoms with Gasteiger partial charge in [-0.05, 0) is 12.8 Å². The van der Waals surface area contributed by atoms with Crippen LogP contribution in [0.4, 0.5) is 0 Å². The highest BCUT2D eigenvalue weighted by atomic mass is 16.6. The van der Waals surface area contributed by atoms with Crippen LogP contribution in [0.2, 0.25) is 0 Å². The Bertz CT molecular complexity index is 235.